The molecule has 5 aromatic rings. The number of aryl methyl sites for hydroxylation is 2. The Bertz CT molecular complexity index is 1600. The molecule has 0 saturated heterocycles. The van der Waals surface area contributed by atoms with Crippen molar-refractivity contribution >= 4 is 16.6 Å². The number of imidazole rings is 1. The summed E-state index contributed by atoms with van der Waals surface area (Å²) in [6, 6.07) is 32.0. The third-order valence-electron chi connectivity index (χ3n) is 8.33. The minimum Gasteiger partial charge on any atom is -0.358 e. The number of pyridine rings is 1. The van der Waals surface area contributed by atoms with Crippen LogP contribution in [0.3, 0.4) is 0 Å². The summed E-state index contributed by atoms with van der Waals surface area (Å²) in [6.45, 7) is 2.29. The topological polar surface area (TPSA) is 30.7 Å². The van der Waals surface area contributed by atoms with Gasteiger partial charge in [-0.25, -0.2) is 0 Å². The molecule has 2 aromatic heterocycles. The Balaban J connectivity index is 0.000000158. The number of rotatable bonds is 2. The van der Waals surface area contributed by atoms with E-state index in [-0.39, 0.29) is 20.1 Å². The minimum absolute atomic E-state index is 0. The van der Waals surface area contributed by atoms with Gasteiger partial charge < -0.3 is 9.55 Å². The van der Waals surface area contributed by atoms with Crippen LogP contribution in [0, 0.1) is 18.1 Å². The van der Waals surface area contributed by atoms with Gasteiger partial charge in [-0.2, -0.15) is 0 Å². The van der Waals surface area contributed by atoms with Crippen LogP contribution in [-0.2, 0) is 32.9 Å². The van der Waals surface area contributed by atoms with E-state index in [2.05, 4.69) is 77.1 Å². The fraction of sp³-hybridized carbons (Fsp3) is 0.257. The van der Waals surface area contributed by atoms with Gasteiger partial charge in [0.15, 0.2) is 0 Å². The summed E-state index contributed by atoms with van der Waals surface area (Å²) < 4.78 is 2.40. The van der Waals surface area contributed by atoms with Crippen molar-refractivity contribution < 1.29 is 20.1 Å². The number of allylic oxidation sites excluding steroid dienone is 2. The Morgan fingerprint density at radius 3 is 2.51 bits per heavy atom. The van der Waals surface area contributed by atoms with E-state index in [4.69, 9.17) is 4.98 Å². The zero-order valence-corrected chi connectivity index (χ0v) is 24.6. The van der Waals surface area contributed by atoms with Gasteiger partial charge in [0.05, 0.1) is 16.9 Å². The first kappa shape index (κ1) is 25.9. The molecule has 1 atom stereocenters. The quantitative estimate of drug-likeness (QED) is 0.175. The maximum absolute atomic E-state index is 4.96. The summed E-state index contributed by atoms with van der Waals surface area (Å²) in [6.07, 6.45) is 12.0. The van der Waals surface area contributed by atoms with Gasteiger partial charge >= 0.3 is 0 Å². The van der Waals surface area contributed by atoms with Crippen LogP contribution < -0.4 is 0 Å². The van der Waals surface area contributed by atoms with Crippen molar-refractivity contribution in [3.8, 4) is 22.6 Å². The third-order valence-corrected chi connectivity index (χ3v) is 8.33. The van der Waals surface area contributed by atoms with Crippen LogP contribution in [0.4, 0.5) is 0 Å². The molecule has 3 nitrogen and oxygen atoms in total. The minimum atomic E-state index is 0. The van der Waals surface area contributed by atoms with Crippen LogP contribution in [0.5, 0.6) is 0 Å². The largest absolute Gasteiger partial charge is 0.358 e. The van der Waals surface area contributed by atoms with Crippen molar-refractivity contribution in [2.24, 2.45) is 5.92 Å². The molecule has 3 aromatic carbocycles. The molecule has 1 unspecified atom stereocenters. The van der Waals surface area contributed by atoms with Crippen molar-refractivity contribution in [2.45, 2.75) is 51.5 Å². The van der Waals surface area contributed by atoms with Crippen molar-refractivity contribution in [3.63, 3.8) is 0 Å². The van der Waals surface area contributed by atoms with E-state index in [1.54, 1.807) is 5.57 Å². The second kappa shape index (κ2) is 11.0. The molecule has 39 heavy (non-hydrogen) atoms. The molecule has 1 radical (unpaired) electrons. The molecule has 1 aliphatic heterocycles. The molecule has 0 bridgehead atoms. The van der Waals surface area contributed by atoms with E-state index < -0.39 is 0 Å². The van der Waals surface area contributed by atoms with Gasteiger partial charge in [-0.1, -0.05) is 49.1 Å². The Morgan fingerprint density at radius 1 is 0.846 bits per heavy atom. The average molecular weight is 686 g/mol. The van der Waals surface area contributed by atoms with Crippen molar-refractivity contribution in [3.05, 3.63) is 114 Å². The summed E-state index contributed by atoms with van der Waals surface area (Å²) in [5.41, 5.74) is 11.5. The zero-order valence-electron chi connectivity index (χ0n) is 22.2. The molecule has 3 heterocycles. The first-order valence-corrected chi connectivity index (χ1v) is 13.9. The second-order valence-electron chi connectivity index (χ2n) is 10.7. The number of hydrogen-bond acceptors (Lipinski definition) is 2. The van der Waals surface area contributed by atoms with E-state index in [1.165, 1.54) is 53.5 Å². The van der Waals surface area contributed by atoms with Crippen LogP contribution >= 0.6 is 0 Å². The van der Waals surface area contributed by atoms with Crippen LogP contribution in [0.1, 0.15) is 55.3 Å². The van der Waals surface area contributed by atoms with Crippen LogP contribution in [0.15, 0.2) is 85.1 Å². The normalized spacial score (nSPS) is 17.4. The van der Waals surface area contributed by atoms with Gasteiger partial charge in [0, 0.05) is 37.9 Å². The number of hydrogen-bond donors (Lipinski definition) is 0. The van der Waals surface area contributed by atoms with E-state index >= 15 is 0 Å². The maximum atomic E-state index is 4.96. The Labute approximate surface area is 244 Å². The summed E-state index contributed by atoms with van der Waals surface area (Å²) in [5, 5.41) is 0. The first-order chi connectivity index (χ1) is 18.8. The van der Waals surface area contributed by atoms with E-state index in [0.29, 0.717) is 6.04 Å². The Kier molecular flexibility index (Phi) is 7.34. The fourth-order valence-electron chi connectivity index (χ4n) is 6.55. The molecule has 2 aliphatic carbocycles. The monoisotopic (exact) mass is 686 g/mol. The van der Waals surface area contributed by atoms with Crippen LogP contribution in [0.2, 0.25) is 0 Å². The second-order valence-corrected chi connectivity index (χ2v) is 10.7. The van der Waals surface area contributed by atoms with Gasteiger partial charge in [-0.15, -0.1) is 71.3 Å². The summed E-state index contributed by atoms with van der Waals surface area (Å²) in [7, 11) is 0. The van der Waals surface area contributed by atoms with Gasteiger partial charge in [0.1, 0.15) is 0 Å². The van der Waals surface area contributed by atoms with Crippen molar-refractivity contribution in [1.29, 1.82) is 0 Å². The number of aromatic nitrogens is 3. The molecule has 0 amide bonds. The number of benzene rings is 3. The van der Waals surface area contributed by atoms with E-state index in [9.17, 15) is 0 Å². The van der Waals surface area contributed by atoms with Gasteiger partial charge in [-0.05, 0) is 55.5 Å². The van der Waals surface area contributed by atoms with E-state index in [0.717, 1.165) is 41.4 Å². The molecule has 4 heteroatoms. The molecule has 1 saturated carbocycles. The molecular formula is C35H31IrN3-2. The Hall–Kier alpha value is -3.33. The third kappa shape index (κ3) is 4.71. The first-order valence-electron chi connectivity index (χ1n) is 13.9. The molecule has 0 N–H and O–H groups in total. The van der Waals surface area contributed by atoms with Gasteiger partial charge in [-0.3, -0.25) is 4.98 Å². The predicted octanol–water partition coefficient (Wildman–Crippen LogP) is 8.30. The van der Waals surface area contributed by atoms with E-state index in [1.807, 2.05) is 36.5 Å². The maximum Gasteiger partial charge on any atom is 0.0777 e. The molecule has 0 spiro atoms. The molecule has 1 fully saturated rings. The smallest absolute Gasteiger partial charge is 0.0777 e. The average Bonchev–Trinajstić information content (AvgIpc) is 3.65. The number of nitrogens with zero attached hydrogens (tertiary/aromatic N) is 3. The van der Waals surface area contributed by atoms with Crippen LogP contribution in [-0.4, -0.2) is 14.5 Å². The molecule has 197 valence electrons. The SMILES string of the molecule is CC1C=C(C2CCCC2)c2cccc3nc(-c4[c-]cccc4)n1c23.[Ir].[c-]1cccc2c1-c1ncccc1CC2. The number of para-hydroxylation sites is 1. The summed E-state index contributed by atoms with van der Waals surface area (Å²) in [5.74, 6) is 1.76. The van der Waals surface area contributed by atoms with Crippen LogP contribution in [0.25, 0.3) is 39.3 Å². The Morgan fingerprint density at radius 2 is 1.67 bits per heavy atom. The van der Waals surface area contributed by atoms with Gasteiger partial charge in [0.25, 0.3) is 0 Å². The molecule has 8 rings (SSSR count). The van der Waals surface area contributed by atoms with Crippen molar-refractivity contribution in [1.82, 2.24) is 14.5 Å². The summed E-state index contributed by atoms with van der Waals surface area (Å²) in [4.78, 5) is 9.39. The van der Waals surface area contributed by atoms with Crippen molar-refractivity contribution in [2.75, 3.05) is 0 Å². The predicted molar refractivity (Wildman–Crippen MR) is 155 cm³/mol. The summed E-state index contributed by atoms with van der Waals surface area (Å²) >= 11 is 0. The number of fused-ring (bicyclic) bond motifs is 3. The van der Waals surface area contributed by atoms with Gasteiger partial charge in [0.2, 0.25) is 0 Å². The fourth-order valence-corrected chi connectivity index (χ4v) is 6.55. The molecule has 3 aliphatic rings. The standard InChI is InChI=1S/C22H21N2.C13H10N.Ir/c1-15-14-19(16-8-5-6-9-16)18-12-7-13-20-21(18)24(15)22(23-20)17-10-3-2-4-11-17;1-2-6-12-10(4-1)7-8-11-5-3-9-14-13(11)12;/h2-4,7,10,12-16H,5-6,8-9H2,1H3;1-5,9H,7-8H2;/q2*-1;. The zero-order chi connectivity index (χ0) is 25.5. The molecular weight excluding hydrogens is 655 g/mol.